The lowest BCUT2D eigenvalue weighted by atomic mass is 9.78. The lowest BCUT2D eigenvalue weighted by Crippen LogP contribution is -2.52. The molecule has 13 fully saturated rings. The molecule has 0 bridgehead atoms. The van der Waals surface area contributed by atoms with E-state index in [9.17, 15) is 9.59 Å². The van der Waals surface area contributed by atoms with Gasteiger partial charge >= 0.3 is 0 Å². The van der Waals surface area contributed by atoms with Crippen molar-refractivity contribution in [3.8, 4) is 0 Å². The van der Waals surface area contributed by atoms with Gasteiger partial charge in [0.15, 0.2) is 0 Å². The maximum absolute atomic E-state index is 12.7. The van der Waals surface area contributed by atoms with Gasteiger partial charge in [0.1, 0.15) is 11.6 Å². The molecule has 1 atom stereocenters. The molecule has 6 saturated carbocycles. The van der Waals surface area contributed by atoms with E-state index in [4.69, 9.17) is 0 Å². The van der Waals surface area contributed by atoms with Crippen LogP contribution < -0.4 is 0 Å². The molecule has 16 rings (SSSR count). The van der Waals surface area contributed by atoms with Gasteiger partial charge in [0.2, 0.25) is 0 Å². The molecule has 14 aliphatic rings. The second-order valence-corrected chi connectivity index (χ2v) is 98.3. The average Bonchev–Trinajstić information content (AvgIpc) is 1.49. The van der Waals surface area contributed by atoms with E-state index in [1.165, 1.54) is 222 Å². The number of hydrogen-bond donors (Lipinski definition) is 0. The molecular formula is C135H238O2P8. The summed E-state index contributed by atoms with van der Waals surface area (Å²) in [5.74, 6) is 2.05. The SMILES string of the molecule is C=C1CC(C)(C)P(C(C)(C)C)C(C)(C)C1.CC(C)(C)P1C(C)(C)C=CCC1(C)C.CC(C)(C)P1C(C)(C)CC(=Cc2ccccc2)CC1(C)C.CC(C)(C)P1C(C)(C)CC(Cc2ccccc2)CC1(C)C.CC(C)(C)P1C2(CCCC2)CC(=O)CC12CCCC2.CC(C)(C)P1C2(CCCC2)CCCC12CCCC2.CC(C)(C)P1C2(CCCCC2)CC(=O)CC12CCCCC2.CC=C1CC(C)(C)P(C(C)(C)C)C(C)(C)C1. The highest BCUT2D eigenvalue weighted by atomic mass is 31.1. The molecule has 2 aromatic rings. The van der Waals surface area contributed by atoms with Crippen LogP contribution in [0.2, 0.25) is 0 Å². The number of allylic oxidation sites excluding steroid dienone is 6. The molecule has 0 amide bonds. The van der Waals surface area contributed by atoms with E-state index >= 15 is 0 Å². The highest BCUT2D eigenvalue weighted by Gasteiger charge is 2.65. The van der Waals surface area contributed by atoms with Crippen molar-refractivity contribution < 1.29 is 9.59 Å². The minimum atomic E-state index is -0.0651. The first-order valence-electron chi connectivity index (χ1n) is 60.1. The number of carbonyl (C=O) groups excluding carboxylic acids is 2. The summed E-state index contributed by atoms with van der Waals surface area (Å²) in [5.41, 5.74) is 7.60. The van der Waals surface area contributed by atoms with Gasteiger partial charge in [-0.3, -0.25) is 9.59 Å². The number of benzene rings is 2. The Hall–Kier alpha value is 0.180. The lowest BCUT2D eigenvalue weighted by molar-refractivity contribution is -0.122. The molecule has 8 heterocycles. The van der Waals surface area contributed by atoms with Gasteiger partial charge in [-0.1, -0.05) is 573 Å². The zero-order valence-electron chi connectivity index (χ0n) is 105. The Morgan fingerprint density at radius 1 is 0.276 bits per heavy atom. The van der Waals surface area contributed by atoms with Gasteiger partial charge in [0, 0.05) is 30.8 Å². The van der Waals surface area contributed by atoms with Crippen LogP contribution in [0.25, 0.3) is 6.08 Å². The Morgan fingerprint density at radius 2 is 0.517 bits per heavy atom. The fourth-order valence-corrected chi connectivity index (χ4v) is 87.7. The first-order valence-corrected chi connectivity index (χ1v) is 70.8. The molecular weight excluding hydrogens is 1900 g/mol. The van der Waals surface area contributed by atoms with Crippen molar-refractivity contribution in [2.75, 3.05) is 0 Å². The number of carbonyl (C=O) groups is 2. The highest BCUT2D eigenvalue weighted by Crippen LogP contribution is 2.84. The quantitative estimate of drug-likeness (QED) is 0.227. The molecule has 0 aromatic heterocycles. The number of rotatable bonds is 3. The van der Waals surface area contributed by atoms with Crippen LogP contribution in [0.4, 0.5) is 0 Å². The Bertz CT molecular complexity index is 4400. The first-order chi connectivity index (χ1) is 65.8. The van der Waals surface area contributed by atoms with E-state index in [0.29, 0.717) is 125 Å². The zero-order valence-corrected chi connectivity index (χ0v) is 112. The summed E-state index contributed by atoms with van der Waals surface area (Å²) in [6.07, 6.45) is 67.9. The van der Waals surface area contributed by atoms with Crippen LogP contribution in [-0.2, 0) is 16.0 Å². The van der Waals surface area contributed by atoms with Crippen molar-refractivity contribution in [1.29, 1.82) is 0 Å². The normalized spacial score (nSPS) is 28.8. The predicted octanol–water partition coefficient (Wildman–Crippen LogP) is 46.1. The Kier molecular flexibility index (Phi) is 42.2. The van der Waals surface area contributed by atoms with Gasteiger partial charge in [0.05, 0.1) is 0 Å². The van der Waals surface area contributed by atoms with Gasteiger partial charge in [-0.2, -0.15) is 0 Å². The molecule has 2 aromatic carbocycles. The van der Waals surface area contributed by atoms with Crippen LogP contribution >= 0.6 is 63.4 Å². The maximum Gasteiger partial charge on any atom is 0.134 e. The van der Waals surface area contributed by atoms with Crippen molar-refractivity contribution in [1.82, 2.24) is 0 Å². The van der Waals surface area contributed by atoms with Gasteiger partial charge in [-0.05, 0) is 297 Å². The standard InChI is InChI=1S/C20H33P.C20H31P.C19H33OP.C17H29OP.C17H31P.C15H29P.C14H27P.C13H25P/c2*1-18(2,3)21-19(4,5)14-17(15-20(21,6)7)13-16-11-9-8-10-12-16;1-17(2,3)21-18(10-6-4-7-11-18)14-16(20)15-19(21)12-8-5-9-13-19;1-15(2,3)19-16(8-4-5-9-16)12-14(18)13-17(19)10-6-7-11-17;1-15(2,3)18-16(9-4-5-10-16)13-8-14-17(18)11-6-7-12-17;1-9-12-10-14(5,6)16(13(2,3)4)15(7,8)11-12;1-11-9-13(5,6)15(12(2,3)4)14(7,8)10-11;1-11(2,3)14-12(4,5)9-8-10-13(14,6)7/h8-12,17H,13-15H2,1-7H3;8-13H,14-15H2,1-7H3;4-15H2,1-3H3;4-13H2,1-3H3;4-14H2,1-3H3;9H,10-11H2,1-8H3;1,9-10H2,2-8H3;8-9H,10H2,1-7H3. The second kappa shape index (κ2) is 47.6. The van der Waals surface area contributed by atoms with Crippen LogP contribution in [0.15, 0.2) is 102 Å². The summed E-state index contributed by atoms with van der Waals surface area (Å²) in [4.78, 5) is 25.2. The fourth-order valence-electron chi connectivity index (χ4n) is 39.6. The van der Waals surface area contributed by atoms with E-state index in [-0.39, 0.29) is 63.4 Å². The molecule has 1 unspecified atom stereocenters. The van der Waals surface area contributed by atoms with E-state index in [2.05, 4.69) is 403 Å². The monoisotopic (exact) mass is 2140 g/mol. The summed E-state index contributed by atoms with van der Waals surface area (Å²) in [6.45, 7) is 115. The van der Waals surface area contributed by atoms with Gasteiger partial charge in [0.25, 0.3) is 0 Å². The largest absolute Gasteiger partial charge is 0.300 e. The third-order valence-electron chi connectivity index (χ3n) is 37.0. The van der Waals surface area contributed by atoms with Crippen LogP contribution in [0.1, 0.15) is 592 Å². The molecule has 6 spiro atoms. The lowest BCUT2D eigenvalue weighted by Gasteiger charge is -2.62. The van der Waals surface area contributed by atoms with Crippen LogP contribution in [0.3, 0.4) is 0 Å². The third-order valence-corrected chi connectivity index (χ3v) is 70.9. The number of ketones is 2. The predicted molar refractivity (Wildman–Crippen MR) is 675 cm³/mol. The topological polar surface area (TPSA) is 34.1 Å². The number of Topliss-reactive ketones (excluding diaryl/α,β-unsaturated/α-hetero) is 2. The molecule has 0 radical (unpaired) electrons. The average molecular weight is 2140 g/mol. The van der Waals surface area contributed by atoms with E-state index in [1.807, 2.05) is 0 Å². The molecule has 830 valence electrons. The first kappa shape index (κ1) is 129. The van der Waals surface area contributed by atoms with Crippen molar-refractivity contribution in [2.24, 2.45) is 5.92 Å². The second-order valence-electron chi connectivity index (χ2n) is 64.5. The van der Waals surface area contributed by atoms with E-state index < -0.39 is 0 Å². The minimum Gasteiger partial charge on any atom is -0.300 e. The number of hydrogen-bond acceptors (Lipinski definition) is 2. The summed E-state index contributed by atoms with van der Waals surface area (Å²) < 4.78 is 0. The Balaban J connectivity index is 0.000000185. The van der Waals surface area contributed by atoms with Gasteiger partial charge in [-0.15, -0.1) is 0 Å². The smallest absolute Gasteiger partial charge is 0.134 e. The third kappa shape index (κ3) is 31.9. The van der Waals surface area contributed by atoms with Crippen molar-refractivity contribution in [3.05, 3.63) is 113 Å². The Labute approximate surface area is 914 Å². The summed E-state index contributed by atoms with van der Waals surface area (Å²) in [7, 11) is 0.133. The summed E-state index contributed by atoms with van der Waals surface area (Å²) in [5, 5.41) is 11.5. The molecule has 145 heavy (non-hydrogen) atoms. The van der Waals surface area contributed by atoms with E-state index in [1.54, 1.807) is 56.1 Å². The van der Waals surface area contributed by atoms with Crippen LogP contribution in [0, 0.1) is 5.92 Å². The van der Waals surface area contributed by atoms with E-state index in [0.717, 1.165) is 41.9 Å². The zero-order chi connectivity index (χ0) is 110. The molecule has 10 heteroatoms. The van der Waals surface area contributed by atoms with Crippen LogP contribution in [0.5, 0.6) is 0 Å². The maximum atomic E-state index is 12.7. The highest BCUT2D eigenvalue weighted by molar-refractivity contribution is 7.65. The van der Waals surface area contributed by atoms with Crippen molar-refractivity contribution in [2.45, 2.75) is 711 Å². The van der Waals surface area contributed by atoms with Gasteiger partial charge < -0.3 is 0 Å². The van der Waals surface area contributed by atoms with Crippen LogP contribution in [-0.4, -0.2) is 135 Å². The fraction of sp³-hybridized carbons (Fsp3) is 0.837. The summed E-state index contributed by atoms with van der Waals surface area (Å²) in [6, 6.07) is 21.9. The van der Waals surface area contributed by atoms with Gasteiger partial charge in [-0.25, -0.2) is 0 Å². The molecule has 8 aliphatic heterocycles. The molecule has 2 nitrogen and oxygen atoms in total. The molecule has 0 N–H and O–H groups in total. The summed E-state index contributed by atoms with van der Waals surface area (Å²) >= 11 is 0. The van der Waals surface area contributed by atoms with Crippen molar-refractivity contribution in [3.63, 3.8) is 0 Å². The molecule has 7 saturated heterocycles. The Morgan fingerprint density at radius 3 is 0.786 bits per heavy atom. The van der Waals surface area contributed by atoms with Crippen molar-refractivity contribution >= 4 is 81.0 Å². The molecule has 6 aliphatic carbocycles. The minimum absolute atomic E-state index is 0.000546.